The monoisotopic (exact) mass is 666 g/mol. The van der Waals surface area contributed by atoms with E-state index in [9.17, 15) is 43.4 Å². The van der Waals surface area contributed by atoms with Crippen LogP contribution in [0.5, 0.6) is 0 Å². The topological polar surface area (TPSA) is 298 Å². The predicted octanol–water partition coefficient (Wildman–Crippen LogP) is -2.04. The molecule has 9 N–H and O–H groups in total. The number of carbonyl (C=O) groups is 1. The summed E-state index contributed by atoms with van der Waals surface area (Å²) in [5.74, 6) is -0.761. The van der Waals surface area contributed by atoms with Crippen LogP contribution in [0.4, 0.5) is 10.2 Å². The number of pyridine rings is 1. The zero-order valence-electron chi connectivity index (χ0n) is 22.2. The minimum Gasteiger partial charge on any atom is -0.387 e. The maximum absolute atomic E-state index is 14.8. The summed E-state index contributed by atoms with van der Waals surface area (Å²) in [6.45, 7) is -1.89. The number of primary amides is 1. The summed E-state index contributed by atoms with van der Waals surface area (Å²) in [7, 11) is -10.8. The van der Waals surface area contributed by atoms with Gasteiger partial charge in [-0.15, -0.1) is 0 Å². The number of anilines is 1. The Balaban J connectivity index is 1.16. The van der Waals surface area contributed by atoms with Crippen molar-refractivity contribution in [2.24, 2.45) is 5.73 Å². The van der Waals surface area contributed by atoms with E-state index in [4.69, 9.17) is 20.9 Å². The molecule has 20 nitrogen and oxygen atoms in total. The molecular weight excluding hydrogens is 639 g/mol. The van der Waals surface area contributed by atoms with Gasteiger partial charge in [-0.1, -0.05) is 0 Å². The van der Waals surface area contributed by atoms with Gasteiger partial charge in [0.25, 0.3) is 12.1 Å². The number of aromatic nitrogens is 5. The largest absolute Gasteiger partial charge is 0.481 e. The summed E-state index contributed by atoms with van der Waals surface area (Å²) in [6, 6.07) is 2.74. The number of nitrogens with two attached hydrogens (primary N) is 2. The fraction of sp³-hybridized carbons (Fsp3) is 0.476. The van der Waals surface area contributed by atoms with Crippen LogP contribution in [-0.4, -0.2) is 100 Å². The standard InChI is InChI=1S/C21H26FN7O13P2/c22-12-14(30)10(40-20(12)28-3-1-2-9(4-28)18(24)33)5-38-43(34,35)42-44(36,37)39-6-11-15(31)16(32)21(41-11)29-8-27-13-17(23)25-7-26-19(13)29/h1-4,7-8,10-12,14-16,20-21,30-32H,5-6H2,(H5-,23,24,25,26,33,34,35,36,37)/p+1/t10-,11-,12+,14?,15?,16+,20-,21-/m1/s1. The normalized spacial score (nSPS) is 31.6. The molecule has 4 unspecified atom stereocenters. The van der Waals surface area contributed by atoms with Crippen LogP contribution in [0.15, 0.2) is 37.2 Å². The summed E-state index contributed by atoms with van der Waals surface area (Å²) in [5.41, 5.74) is 11.3. The second kappa shape index (κ2) is 12.4. The maximum atomic E-state index is 14.8. The van der Waals surface area contributed by atoms with Crippen molar-refractivity contribution < 1.29 is 70.8 Å². The number of aliphatic hydroxyl groups excluding tert-OH is 3. The third-order valence-electron chi connectivity index (χ3n) is 6.70. The van der Waals surface area contributed by atoms with E-state index in [1.807, 2.05) is 0 Å². The molecule has 23 heteroatoms. The zero-order valence-corrected chi connectivity index (χ0v) is 24.0. The van der Waals surface area contributed by atoms with Crippen LogP contribution in [0.3, 0.4) is 0 Å². The van der Waals surface area contributed by atoms with E-state index in [0.717, 1.165) is 10.9 Å². The van der Waals surface area contributed by atoms with Crippen LogP contribution >= 0.6 is 15.6 Å². The van der Waals surface area contributed by atoms with Gasteiger partial charge in [0.05, 0.1) is 19.5 Å². The molecule has 0 spiro atoms. The van der Waals surface area contributed by atoms with E-state index < -0.39 is 83.9 Å². The Labute approximate surface area is 245 Å². The molecule has 0 aliphatic carbocycles. The van der Waals surface area contributed by atoms with Crippen molar-refractivity contribution in [1.82, 2.24) is 19.5 Å². The van der Waals surface area contributed by atoms with Gasteiger partial charge in [0.2, 0.25) is 6.17 Å². The van der Waals surface area contributed by atoms with Gasteiger partial charge in [-0.25, -0.2) is 28.5 Å². The molecule has 5 heterocycles. The number of amides is 1. The molecule has 240 valence electrons. The van der Waals surface area contributed by atoms with Crippen molar-refractivity contribution in [3.05, 3.63) is 42.7 Å². The molecule has 5 rings (SSSR count). The molecule has 2 saturated heterocycles. The number of carbonyl (C=O) groups excluding carboxylic acids is 1. The van der Waals surface area contributed by atoms with E-state index in [0.29, 0.717) is 0 Å². The summed E-state index contributed by atoms with van der Waals surface area (Å²) in [4.78, 5) is 43.2. The number of aliphatic hydroxyl groups is 3. The van der Waals surface area contributed by atoms with Crippen LogP contribution in [0.2, 0.25) is 0 Å². The third kappa shape index (κ3) is 6.64. The first-order chi connectivity index (χ1) is 20.7. The first-order valence-corrected chi connectivity index (χ1v) is 15.6. The van der Waals surface area contributed by atoms with Gasteiger partial charge in [-0.3, -0.25) is 18.4 Å². The lowest BCUT2D eigenvalue weighted by molar-refractivity contribution is -0.764. The lowest BCUT2D eigenvalue weighted by atomic mass is 10.1. The molecule has 0 bridgehead atoms. The van der Waals surface area contributed by atoms with Gasteiger partial charge >= 0.3 is 15.6 Å². The molecule has 0 saturated carbocycles. The van der Waals surface area contributed by atoms with Crippen molar-refractivity contribution in [2.45, 2.75) is 49.1 Å². The third-order valence-corrected chi connectivity index (χ3v) is 9.30. The number of phosphoric ester groups is 2. The summed E-state index contributed by atoms with van der Waals surface area (Å²) >= 11 is 0. The zero-order chi connectivity index (χ0) is 32.0. The fourth-order valence-electron chi connectivity index (χ4n) is 4.54. The molecular formula is C21H27FN7O13P2+. The molecule has 2 aliphatic heterocycles. The van der Waals surface area contributed by atoms with Crippen molar-refractivity contribution in [3.8, 4) is 0 Å². The van der Waals surface area contributed by atoms with Gasteiger partial charge in [-0.05, 0) is 6.07 Å². The Kier molecular flexibility index (Phi) is 9.11. The molecule has 2 aliphatic rings. The Bertz CT molecular complexity index is 1630. The summed E-state index contributed by atoms with van der Waals surface area (Å²) in [5, 5.41) is 31.1. The molecule has 2 fully saturated rings. The summed E-state index contributed by atoms with van der Waals surface area (Å²) in [6.07, 6.45) is -8.14. The van der Waals surface area contributed by atoms with Crippen LogP contribution in [-0.2, 0) is 32.0 Å². The lowest BCUT2D eigenvalue weighted by Crippen LogP contribution is -2.45. The minimum absolute atomic E-state index is 0.0139. The van der Waals surface area contributed by atoms with Gasteiger partial charge in [0.15, 0.2) is 30.1 Å². The molecule has 0 radical (unpaired) electrons. The van der Waals surface area contributed by atoms with Crippen molar-refractivity contribution in [1.29, 1.82) is 0 Å². The highest BCUT2D eigenvalue weighted by Gasteiger charge is 2.51. The van der Waals surface area contributed by atoms with Gasteiger partial charge < -0.3 is 46.0 Å². The van der Waals surface area contributed by atoms with Gasteiger partial charge in [0.1, 0.15) is 47.9 Å². The maximum Gasteiger partial charge on any atom is 0.481 e. The number of rotatable bonds is 11. The number of hydrogen-bond donors (Lipinski definition) is 7. The predicted molar refractivity (Wildman–Crippen MR) is 138 cm³/mol. The number of phosphoric acid groups is 2. The highest BCUT2D eigenvalue weighted by atomic mass is 31.3. The van der Waals surface area contributed by atoms with E-state index in [2.05, 4.69) is 28.3 Å². The Morgan fingerprint density at radius 1 is 1.05 bits per heavy atom. The van der Waals surface area contributed by atoms with Crippen molar-refractivity contribution >= 4 is 38.5 Å². The van der Waals surface area contributed by atoms with Gasteiger partial charge in [0, 0.05) is 6.07 Å². The molecule has 10 atom stereocenters. The number of hydrogen-bond acceptors (Lipinski definition) is 15. The van der Waals surface area contributed by atoms with E-state index in [1.165, 1.54) is 35.4 Å². The average molecular weight is 666 g/mol. The molecule has 44 heavy (non-hydrogen) atoms. The van der Waals surface area contributed by atoms with E-state index in [1.54, 1.807) is 0 Å². The first-order valence-electron chi connectivity index (χ1n) is 12.6. The molecule has 3 aromatic rings. The number of fused-ring (bicyclic) bond motifs is 1. The van der Waals surface area contributed by atoms with Crippen LogP contribution in [0, 0.1) is 0 Å². The number of ether oxygens (including phenoxy) is 2. The van der Waals surface area contributed by atoms with Crippen LogP contribution < -0.4 is 16.0 Å². The second-order valence-corrected chi connectivity index (χ2v) is 12.7. The van der Waals surface area contributed by atoms with E-state index in [-0.39, 0.29) is 22.5 Å². The highest BCUT2D eigenvalue weighted by molar-refractivity contribution is 7.61. The van der Waals surface area contributed by atoms with Crippen molar-refractivity contribution in [2.75, 3.05) is 18.9 Å². The number of imidazole rings is 1. The minimum atomic E-state index is -5.41. The molecule has 0 aromatic carbocycles. The van der Waals surface area contributed by atoms with Crippen LogP contribution in [0.25, 0.3) is 11.2 Å². The quantitative estimate of drug-likeness (QED) is 0.0856. The average Bonchev–Trinajstić information content (AvgIpc) is 3.61. The Morgan fingerprint density at radius 2 is 1.70 bits per heavy atom. The van der Waals surface area contributed by atoms with E-state index >= 15 is 0 Å². The highest BCUT2D eigenvalue weighted by Crippen LogP contribution is 2.60. The summed E-state index contributed by atoms with van der Waals surface area (Å²) < 4.78 is 66.4. The van der Waals surface area contributed by atoms with Crippen molar-refractivity contribution in [3.63, 3.8) is 0 Å². The number of nitrogen functional groups attached to an aromatic ring is 1. The second-order valence-electron chi connectivity index (χ2n) is 9.64. The molecule has 3 aromatic heterocycles. The number of alkyl halides is 1. The lowest BCUT2D eigenvalue weighted by Gasteiger charge is -2.20. The Morgan fingerprint density at radius 3 is 2.36 bits per heavy atom. The number of halogens is 1. The Hall–Kier alpha value is -3.04. The fourth-order valence-corrected chi connectivity index (χ4v) is 6.63. The number of nitrogens with zero attached hydrogens (tertiary/aromatic N) is 5. The smallest absolute Gasteiger partial charge is 0.387 e. The molecule has 1 amide bonds. The van der Waals surface area contributed by atoms with Gasteiger partial charge in [-0.2, -0.15) is 8.88 Å². The SMILES string of the molecule is NC(=O)c1ccc[n+]([C@@H]2O[C@H](COP(=O)(O)OP(=O)(O)OC[C@H]3O[C@@H](n4cnc5c(N)ncnc54)[C@@H](O)C3O)C(O)[C@@H]2F)c1. The first kappa shape index (κ1) is 32.4. The van der Waals surface area contributed by atoms with Crippen LogP contribution in [0.1, 0.15) is 22.8 Å².